The average Bonchev–Trinajstić information content (AvgIpc) is 3.29. The molecule has 0 bridgehead atoms. The van der Waals surface area contributed by atoms with Crippen LogP contribution in [-0.2, 0) is 13.1 Å². The number of pyridine rings is 1. The van der Waals surface area contributed by atoms with Crippen LogP contribution in [0.15, 0.2) is 73.1 Å². The zero-order valence-corrected chi connectivity index (χ0v) is 18.4. The van der Waals surface area contributed by atoms with Gasteiger partial charge in [0.1, 0.15) is 11.5 Å². The molecule has 4 rings (SSSR count). The fourth-order valence-corrected chi connectivity index (χ4v) is 3.19. The minimum Gasteiger partial charge on any atom is -0.497 e. The van der Waals surface area contributed by atoms with Gasteiger partial charge < -0.3 is 20.1 Å². The van der Waals surface area contributed by atoms with E-state index in [9.17, 15) is 4.79 Å². The lowest BCUT2D eigenvalue weighted by Gasteiger charge is -2.08. The van der Waals surface area contributed by atoms with E-state index in [0.717, 1.165) is 22.6 Å². The highest BCUT2D eigenvalue weighted by atomic mass is 16.5. The predicted octanol–water partition coefficient (Wildman–Crippen LogP) is 3.60. The molecule has 33 heavy (non-hydrogen) atoms. The van der Waals surface area contributed by atoms with Crippen LogP contribution in [0.2, 0.25) is 0 Å². The van der Waals surface area contributed by atoms with Gasteiger partial charge in [0.2, 0.25) is 11.9 Å². The number of ether oxygens (including phenoxy) is 2. The zero-order chi connectivity index (χ0) is 23.0. The number of aromatic nitrogens is 4. The number of anilines is 2. The highest BCUT2D eigenvalue weighted by Gasteiger charge is 2.18. The van der Waals surface area contributed by atoms with Crippen molar-refractivity contribution in [1.29, 1.82) is 0 Å². The van der Waals surface area contributed by atoms with Crippen molar-refractivity contribution in [3.8, 4) is 11.5 Å². The summed E-state index contributed by atoms with van der Waals surface area (Å²) >= 11 is 0. The summed E-state index contributed by atoms with van der Waals surface area (Å²) in [7, 11) is 3.25. The van der Waals surface area contributed by atoms with Gasteiger partial charge >= 0.3 is 0 Å². The number of benzene rings is 2. The Labute approximate surface area is 191 Å². The van der Waals surface area contributed by atoms with Gasteiger partial charge in [-0.2, -0.15) is 9.67 Å². The highest BCUT2D eigenvalue weighted by Crippen LogP contribution is 2.18. The van der Waals surface area contributed by atoms with Gasteiger partial charge in [0, 0.05) is 31.0 Å². The van der Waals surface area contributed by atoms with Gasteiger partial charge in [-0.15, -0.1) is 5.10 Å². The van der Waals surface area contributed by atoms with E-state index in [-0.39, 0.29) is 5.91 Å². The lowest BCUT2D eigenvalue weighted by atomic mass is 10.2. The van der Waals surface area contributed by atoms with Gasteiger partial charge in [-0.1, -0.05) is 24.3 Å². The minimum atomic E-state index is -0.313. The Morgan fingerprint density at radius 1 is 0.879 bits per heavy atom. The summed E-state index contributed by atoms with van der Waals surface area (Å²) in [6, 6.07) is 18.6. The van der Waals surface area contributed by atoms with Crippen molar-refractivity contribution in [2.75, 3.05) is 24.9 Å². The first-order valence-electron chi connectivity index (χ1n) is 10.3. The Morgan fingerprint density at radius 2 is 1.48 bits per heavy atom. The van der Waals surface area contributed by atoms with Crippen LogP contribution in [0.1, 0.15) is 21.5 Å². The molecule has 0 amide bonds. The fraction of sp³-hybridized carbons (Fsp3) is 0.167. The maximum absolute atomic E-state index is 13.1. The second kappa shape index (κ2) is 10.3. The molecular formula is C24H24N6O3. The number of carbonyl (C=O) groups excluding carboxylic acids is 1. The molecule has 0 saturated carbocycles. The molecule has 0 aliphatic rings. The quantitative estimate of drug-likeness (QED) is 0.404. The van der Waals surface area contributed by atoms with Crippen molar-refractivity contribution < 1.29 is 14.3 Å². The van der Waals surface area contributed by atoms with Crippen molar-refractivity contribution in [3.05, 3.63) is 89.7 Å². The minimum absolute atomic E-state index is 0.313. The van der Waals surface area contributed by atoms with Crippen LogP contribution in [-0.4, -0.2) is 39.9 Å². The Hall–Kier alpha value is -4.40. The van der Waals surface area contributed by atoms with Crippen LogP contribution in [0, 0.1) is 0 Å². The number of nitrogens with zero attached hydrogens (tertiary/aromatic N) is 4. The Bertz CT molecular complexity index is 1230. The Kier molecular flexibility index (Phi) is 6.79. The normalized spacial score (nSPS) is 10.5. The Morgan fingerprint density at radius 3 is 2.09 bits per heavy atom. The summed E-state index contributed by atoms with van der Waals surface area (Å²) in [6.07, 6.45) is 3.13. The smallest absolute Gasteiger partial charge is 0.281 e. The molecule has 0 atom stereocenters. The molecule has 0 saturated heterocycles. The van der Waals surface area contributed by atoms with Crippen LogP contribution < -0.4 is 20.1 Å². The molecule has 0 aliphatic carbocycles. The van der Waals surface area contributed by atoms with E-state index in [1.54, 1.807) is 38.7 Å². The van der Waals surface area contributed by atoms with Crippen molar-refractivity contribution in [2.45, 2.75) is 13.1 Å². The molecule has 168 valence electrons. The largest absolute Gasteiger partial charge is 0.497 e. The maximum Gasteiger partial charge on any atom is 0.281 e. The summed E-state index contributed by atoms with van der Waals surface area (Å²) in [4.78, 5) is 21.6. The van der Waals surface area contributed by atoms with Crippen LogP contribution in [0.25, 0.3) is 0 Å². The van der Waals surface area contributed by atoms with Crippen molar-refractivity contribution in [3.63, 3.8) is 0 Å². The SMILES string of the molecule is COc1cccc(CNc2nc(NCc3cccc(OC)c3)n(C(=O)c3ccncc3)n2)c1. The molecule has 0 radical (unpaired) electrons. The molecule has 0 spiro atoms. The van der Waals surface area contributed by atoms with Crippen LogP contribution in [0.3, 0.4) is 0 Å². The first-order valence-corrected chi connectivity index (χ1v) is 10.3. The van der Waals surface area contributed by atoms with Gasteiger partial charge in [0.15, 0.2) is 0 Å². The third-order valence-electron chi connectivity index (χ3n) is 4.90. The van der Waals surface area contributed by atoms with E-state index < -0.39 is 0 Å². The fourth-order valence-electron chi connectivity index (χ4n) is 3.19. The summed E-state index contributed by atoms with van der Waals surface area (Å²) in [5.74, 6) is 1.86. The molecule has 0 aliphatic heterocycles. The molecule has 0 fully saturated rings. The number of hydrogen-bond acceptors (Lipinski definition) is 8. The van der Waals surface area contributed by atoms with Crippen LogP contribution >= 0.6 is 0 Å². The van der Waals surface area contributed by atoms with E-state index in [0.29, 0.717) is 30.5 Å². The topological polar surface area (TPSA) is 103 Å². The summed E-state index contributed by atoms with van der Waals surface area (Å²) < 4.78 is 11.8. The monoisotopic (exact) mass is 444 g/mol. The van der Waals surface area contributed by atoms with Gasteiger partial charge in [0.25, 0.3) is 5.91 Å². The van der Waals surface area contributed by atoms with E-state index in [2.05, 4.69) is 25.7 Å². The number of carbonyl (C=O) groups is 1. The molecule has 9 nitrogen and oxygen atoms in total. The molecule has 2 heterocycles. The van der Waals surface area contributed by atoms with Crippen LogP contribution in [0.4, 0.5) is 11.9 Å². The zero-order valence-electron chi connectivity index (χ0n) is 18.4. The molecular weight excluding hydrogens is 420 g/mol. The molecule has 0 unspecified atom stereocenters. The number of rotatable bonds is 9. The lowest BCUT2D eigenvalue weighted by molar-refractivity contribution is 0.0947. The summed E-state index contributed by atoms with van der Waals surface area (Å²) in [5, 5.41) is 10.8. The van der Waals surface area contributed by atoms with Gasteiger partial charge in [-0.25, -0.2) is 0 Å². The third kappa shape index (κ3) is 5.45. The number of hydrogen-bond donors (Lipinski definition) is 2. The van der Waals surface area contributed by atoms with E-state index in [4.69, 9.17) is 9.47 Å². The number of methoxy groups -OCH3 is 2. The summed E-state index contributed by atoms with van der Waals surface area (Å²) in [6.45, 7) is 0.912. The van der Waals surface area contributed by atoms with Crippen molar-refractivity contribution in [2.24, 2.45) is 0 Å². The maximum atomic E-state index is 13.1. The first kappa shape index (κ1) is 21.8. The lowest BCUT2D eigenvalue weighted by Crippen LogP contribution is -2.17. The molecule has 9 heteroatoms. The van der Waals surface area contributed by atoms with E-state index in [1.165, 1.54) is 4.68 Å². The van der Waals surface area contributed by atoms with E-state index in [1.807, 2.05) is 48.5 Å². The second-order valence-corrected chi connectivity index (χ2v) is 7.12. The van der Waals surface area contributed by atoms with Gasteiger partial charge in [-0.05, 0) is 47.5 Å². The second-order valence-electron chi connectivity index (χ2n) is 7.12. The third-order valence-corrected chi connectivity index (χ3v) is 4.90. The van der Waals surface area contributed by atoms with Gasteiger partial charge in [0.05, 0.1) is 14.2 Å². The van der Waals surface area contributed by atoms with Crippen molar-refractivity contribution in [1.82, 2.24) is 19.7 Å². The highest BCUT2D eigenvalue weighted by molar-refractivity contribution is 5.96. The standard InChI is InChI=1S/C24H24N6O3/c1-32-20-7-3-5-17(13-20)15-26-23-28-24(27-16-18-6-4-8-21(14-18)33-2)30(29-23)22(31)19-9-11-25-12-10-19/h3-14H,15-16H2,1-2H3,(H2,26,27,28,29). The Balaban J connectivity index is 1.56. The summed E-state index contributed by atoms with van der Waals surface area (Å²) in [5.41, 5.74) is 2.43. The first-order chi connectivity index (χ1) is 16.2. The molecule has 4 aromatic rings. The van der Waals surface area contributed by atoms with Gasteiger partial charge in [-0.3, -0.25) is 9.78 Å². The molecule has 2 aromatic carbocycles. The van der Waals surface area contributed by atoms with E-state index >= 15 is 0 Å². The van der Waals surface area contributed by atoms with Crippen molar-refractivity contribution >= 4 is 17.8 Å². The molecule has 2 aromatic heterocycles. The average molecular weight is 444 g/mol. The molecule has 2 N–H and O–H groups in total. The number of nitrogens with one attached hydrogen (secondary N) is 2. The van der Waals surface area contributed by atoms with Crippen LogP contribution in [0.5, 0.6) is 11.5 Å². The predicted molar refractivity (Wildman–Crippen MR) is 125 cm³/mol.